The van der Waals surface area contributed by atoms with E-state index < -0.39 is 5.91 Å². The molecule has 1 aliphatic heterocycles. The van der Waals surface area contributed by atoms with Gasteiger partial charge in [-0.25, -0.2) is 0 Å². The van der Waals surface area contributed by atoms with Crippen LogP contribution in [-0.2, 0) is 11.2 Å². The molecule has 0 spiro atoms. The Kier molecular flexibility index (Phi) is 5.40. The molecule has 0 bridgehead atoms. The Morgan fingerprint density at radius 2 is 1.80 bits per heavy atom. The zero-order valence-corrected chi connectivity index (χ0v) is 16.3. The number of anilines is 1. The van der Waals surface area contributed by atoms with E-state index in [9.17, 15) is 9.59 Å². The van der Waals surface area contributed by atoms with Gasteiger partial charge >= 0.3 is 0 Å². The summed E-state index contributed by atoms with van der Waals surface area (Å²) in [6, 6.07) is 16.4. The van der Waals surface area contributed by atoms with Gasteiger partial charge in [0.1, 0.15) is 5.75 Å². The van der Waals surface area contributed by atoms with Crippen LogP contribution in [0, 0.1) is 11.8 Å². The Morgan fingerprint density at radius 1 is 1.03 bits per heavy atom. The Labute approximate surface area is 174 Å². The van der Waals surface area contributed by atoms with Crippen LogP contribution < -0.4 is 10.1 Å². The van der Waals surface area contributed by atoms with Gasteiger partial charge in [0, 0.05) is 29.9 Å². The second-order valence-electron chi connectivity index (χ2n) is 6.71. The minimum absolute atomic E-state index is 0.0945. The number of benzene rings is 2. The molecule has 0 saturated carbocycles. The third-order valence-corrected chi connectivity index (χ3v) is 4.70. The first-order valence-corrected chi connectivity index (χ1v) is 9.37. The summed E-state index contributed by atoms with van der Waals surface area (Å²) in [6.07, 6.45) is 5.38. The number of carbonyl (C=O) groups is 2. The van der Waals surface area contributed by atoms with Crippen LogP contribution in [0.2, 0.25) is 0 Å². The number of amides is 1. The van der Waals surface area contributed by atoms with Crippen molar-refractivity contribution in [2.45, 2.75) is 6.42 Å². The van der Waals surface area contributed by atoms with Gasteiger partial charge < -0.3 is 10.1 Å². The van der Waals surface area contributed by atoms with E-state index in [1.54, 1.807) is 55.9 Å². The van der Waals surface area contributed by atoms with Gasteiger partial charge in [-0.1, -0.05) is 24.0 Å². The van der Waals surface area contributed by atoms with E-state index in [4.69, 9.17) is 4.74 Å². The fraction of sp³-hybridized carbons (Fsp3) is 0.0800. The summed E-state index contributed by atoms with van der Waals surface area (Å²) >= 11 is 0. The van der Waals surface area contributed by atoms with Gasteiger partial charge in [-0.05, 0) is 59.7 Å². The van der Waals surface area contributed by atoms with Crippen LogP contribution in [0.1, 0.15) is 27.0 Å². The Bertz CT molecular complexity index is 1200. The third-order valence-electron chi connectivity index (χ3n) is 4.70. The van der Waals surface area contributed by atoms with E-state index >= 15 is 0 Å². The summed E-state index contributed by atoms with van der Waals surface area (Å²) in [4.78, 5) is 29.3. The summed E-state index contributed by atoms with van der Waals surface area (Å²) in [5.74, 6) is 6.29. The van der Waals surface area contributed by atoms with Crippen molar-refractivity contribution < 1.29 is 14.3 Å². The number of hydrogen-bond donors (Lipinski definition) is 1. The quantitative estimate of drug-likeness (QED) is 0.416. The van der Waals surface area contributed by atoms with E-state index in [1.807, 2.05) is 24.3 Å². The smallest absolute Gasteiger partial charge is 0.259 e. The number of rotatable bonds is 3. The zero-order chi connectivity index (χ0) is 20.9. The summed E-state index contributed by atoms with van der Waals surface area (Å²) in [5, 5.41) is 2.78. The van der Waals surface area contributed by atoms with Crippen molar-refractivity contribution in [1.29, 1.82) is 0 Å². The lowest BCUT2D eigenvalue weighted by molar-refractivity contribution is -0.112. The molecule has 1 N–H and O–H groups in total. The molecule has 0 radical (unpaired) electrons. The molecule has 3 aromatic rings. The van der Waals surface area contributed by atoms with Gasteiger partial charge in [-0.2, -0.15) is 0 Å². The Balaban J connectivity index is 1.57. The van der Waals surface area contributed by atoms with E-state index in [0.717, 1.165) is 22.4 Å². The fourth-order valence-corrected chi connectivity index (χ4v) is 3.11. The van der Waals surface area contributed by atoms with Crippen molar-refractivity contribution >= 4 is 23.5 Å². The summed E-state index contributed by atoms with van der Waals surface area (Å²) in [7, 11) is 1.63. The minimum Gasteiger partial charge on any atom is -0.497 e. The molecule has 5 heteroatoms. The summed E-state index contributed by atoms with van der Waals surface area (Å²) in [5.41, 5.74) is 3.56. The van der Waals surface area contributed by atoms with Crippen LogP contribution in [0.5, 0.6) is 5.75 Å². The van der Waals surface area contributed by atoms with Crippen LogP contribution in [0.25, 0.3) is 6.08 Å². The van der Waals surface area contributed by atoms with Crippen LogP contribution in [-0.4, -0.2) is 23.8 Å². The topological polar surface area (TPSA) is 68.3 Å². The molecule has 0 fully saturated rings. The molecule has 0 aliphatic carbocycles. The van der Waals surface area contributed by atoms with Gasteiger partial charge in [0.2, 0.25) is 5.78 Å². The van der Waals surface area contributed by atoms with Gasteiger partial charge in [-0.3, -0.25) is 14.6 Å². The number of Topliss-reactive ketones (excluding diaryl/α,β-unsaturated/α-hetero) is 1. The number of nitrogens with one attached hydrogen (secondary N) is 1. The number of hydrogen-bond acceptors (Lipinski definition) is 4. The minimum atomic E-state index is -0.414. The number of nitrogens with zero attached hydrogens (tertiary/aromatic N) is 1. The second kappa shape index (κ2) is 8.46. The van der Waals surface area contributed by atoms with Crippen LogP contribution >= 0.6 is 0 Å². The van der Waals surface area contributed by atoms with Crippen molar-refractivity contribution in [2.75, 3.05) is 12.4 Å². The molecule has 2 heterocycles. The lowest BCUT2D eigenvalue weighted by Crippen LogP contribution is -2.27. The molecule has 1 aromatic heterocycles. The molecule has 1 aliphatic rings. The van der Waals surface area contributed by atoms with Crippen molar-refractivity contribution in [3.05, 3.63) is 94.8 Å². The van der Waals surface area contributed by atoms with Crippen molar-refractivity contribution in [1.82, 2.24) is 4.98 Å². The predicted molar refractivity (Wildman–Crippen MR) is 115 cm³/mol. The molecule has 5 nitrogen and oxygen atoms in total. The highest BCUT2D eigenvalue weighted by atomic mass is 16.5. The highest BCUT2D eigenvalue weighted by Gasteiger charge is 2.28. The summed E-state index contributed by atoms with van der Waals surface area (Å²) < 4.78 is 5.15. The molecule has 4 rings (SSSR count). The SMILES string of the molecule is COc1ccc(CC#Cc2ccc3c(c2)C(=O)C(=Cc2ccncc2)C(=O)N3)cc1. The van der Waals surface area contributed by atoms with Crippen LogP contribution in [0.15, 0.2) is 72.6 Å². The molecule has 0 saturated heterocycles. The lowest BCUT2D eigenvalue weighted by Gasteiger charge is -2.18. The highest BCUT2D eigenvalue weighted by molar-refractivity contribution is 6.36. The normalized spacial score (nSPS) is 13.8. The first-order chi connectivity index (χ1) is 14.6. The number of ether oxygens (including phenoxy) is 1. The third kappa shape index (κ3) is 4.13. The molecule has 0 atom stereocenters. The lowest BCUT2D eigenvalue weighted by atomic mass is 9.94. The molecule has 146 valence electrons. The van der Waals surface area contributed by atoms with E-state index in [-0.39, 0.29) is 11.4 Å². The molecular weight excluding hydrogens is 376 g/mol. The monoisotopic (exact) mass is 394 g/mol. The number of ketones is 1. The average Bonchev–Trinajstić information content (AvgIpc) is 2.78. The van der Waals surface area contributed by atoms with Crippen molar-refractivity contribution in [3.63, 3.8) is 0 Å². The maximum atomic E-state index is 12.9. The van der Waals surface area contributed by atoms with Crippen molar-refractivity contribution in [3.8, 4) is 17.6 Å². The fourth-order valence-electron chi connectivity index (χ4n) is 3.11. The van der Waals surface area contributed by atoms with E-state index in [2.05, 4.69) is 22.1 Å². The van der Waals surface area contributed by atoms with Gasteiger partial charge in [-0.15, -0.1) is 0 Å². The maximum absolute atomic E-state index is 12.9. The van der Waals surface area contributed by atoms with E-state index in [1.165, 1.54) is 0 Å². The summed E-state index contributed by atoms with van der Waals surface area (Å²) in [6.45, 7) is 0. The molecule has 2 aromatic carbocycles. The number of methoxy groups -OCH3 is 1. The van der Waals surface area contributed by atoms with Gasteiger partial charge in [0.15, 0.2) is 0 Å². The van der Waals surface area contributed by atoms with E-state index in [0.29, 0.717) is 17.7 Å². The van der Waals surface area contributed by atoms with Crippen molar-refractivity contribution in [2.24, 2.45) is 0 Å². The Hall–Kier alpha value is -4.17. The largest absolute Gasteiger partial charge is 0.497 e. The highest BCUT2D eigenvalue weighted by Crippen LogP contribution is 2.27. The van der Waals surface area contributed by atoms with Crippen LogP contribution in [0.3, 0.4) is 0 Å². The first kappa shape index (κ1) is 19.2. The average molecular weight is 394 g/mol. The Morgan fingerprint density at radius 3 is 2.53 bits per heavy atom. The first-order valence-electron chi connectivity index (χ1n) is 9.37. The van der Waals surface area contributed by atoms with Crippen LogP contribution in [0.4, 0.5) is 5.69 Å². The van der Waals surface area contributed by atoms with Gasteiger partial charge in [0.25, 0.3) is 5.91 Å². The predicted octanol–water partition coefficient (Wildman–Crippen LogP) is 3.90. The molecule has 0 unspecified atom stereocenters. The maximum Gasteiger partial charge on any atom is 0.259 e. The molecule has 30 heavy (non-hydrogen) atoms. The number of aromatic nitrogens is 1. The number of carbonyl (C=O) groups excluding carboxylic acids is 2. The number of fused-ring (bicyclic) bond motifs is 1. The number of pyridine rings is 1. The molecular formula is C25H18N2O3. The second-order valence-corrected chi connectivity index (χ2v) is 6.71. The van der Waals surface area contributed by atoms with Gasteiger partial charge in [0.05, 0.1) is 18.4 Å². The zero-order valence-electron chi connectivity index (χ0n) is 16.3. The standard InChI is InChI=1S/C25H18N2O3/c1-30-20-8-5-17(6-9-20)3-2-4-18-7-10-23-21(15-18)24(28)22(25(29)27-23)16-19-11-13-26-14-12-19/h5-16H,3H2,1H3,(H,27,29). The molecule has 1 amide bonds.